The van der Waals surface area contributed by atoms with E-state index in [1.165, 1.54) is 87.6 Å². The van der Waals surface area contributed by atoms with Crippen LogP contribution in [0.1, 0.15) is 0 Å². The normalized spacial score (nSPS) is 11.5. The third kappa shape index (κ3) is 4.30. The van der Waals surface area contributed by atoms with Crippen molar-refractivity contribution in [3.63, 3.8) is 0 Å². The molecule has 0 aliphatic carbocycles. The molecule has 0 unspecified atom stereocenters. The maximum Gasteiger partial charge on any atom is -0.00201 e. The molecule has 9 aromatic rings. The molecule has 0 bridgehead atoms. The summed E-state index contributed by atoms with van der Waals surface area (Å²) in [7, 11) is 0. The Hall–Kier alpha value is -5.98. The second-order valence-electron chi connectivity index (χ2n) is 12.1. The zero-order valence-corrected chi connectivity index (χ0v) is 25.3. The average Bonchev–Trinajstić information content (AvgIpc) is 3.13. The van der Waals surface area contributed by atoms with Crippen LogP contribution in [0.15, 0.2) is 182 Å². The molecule has 0 nitrogen and oxygen atoms in total. The predicted molar refractivity (Wildman–Crippen MR) is 198 cm³/mol. The van der Waals surface area contributed by atoms with Gasteiger partial charge in [0.1, 0.15) is 0 Å². The van der Waals surface area contributed by atoms with Crippen LogP contribution >= 0.6 is 0 Å². The largest absolute Gasteiger partial charge is 0.0622 e. The minimum Gasteiger partial charge on any atom is -0.0622 e. The third-order valence-electron chi connectivity index (χ3n) is 9.45. The van der Waals surface area contributed by atoms with Gasteiger partial charge in [-0.2, -0.15) is 0 Å². The summed E-state index contributed by atoms with van der Waals surface area (Å²) in [4.78, 5) is 0. The van der Waals surface area contributed by atoms with E-state index in [9.17, 15) is 0 Å². The van der Waals surface area contributed by atoms with Crippen LogP contribution in [0.2, 0.25) is 0 Å². The topological polar surface area (TPSA) is 0 Å². The van der Waals surface area contributed by atoms with Crippen molar-refractivity contribution in [1.82, 2.24) is 0 Å². The molecule has 46 heavy (non-hydrogen) atoms. The quantitative estimate of drug-likeness (QED) is 0.181. The summed E-state index contributed by atoms with van der Waals surface area (Å²) < 4.78 is 0. The fourth-order valence-corrected chi connectivity index (χ4v) is 7.33. The van der Waals surface area contributed by atoms with E-state index in [2.05, 4.69) is 182 Å². The summed E-state index contributed by atoms with van der Waals surface area (Å²) in [6, 6.07) is 66.5. The van der Waals surface area contributed by atoms with E-state index in [1.807, 2.05) is 0 Å². The molecule has 0 spiro atoms. The summed E-state index contributed by atoms with van der Waals surface area (Å²) in [5, 5.41) is 10.1. The van der Waals surface area contributed by atoms with Gasteiger partial charge in [0.05, 0.1) is 0 Å². The highest BCUT2D eigenvalue weighted by Crippen LogP contribution is 2.47. The van der Waals surface area contributed by atoms with Gasteiger partial charge >= 0.3 is 0 Å². The van der Waals surface area contributed by atoms with Crippen molar-refractivity contribution in [1.29, 1.82) is 0 Å². The minimum atomic E-state index is 1.23. The van der Waals surface area contributed by atoms with Gasteiger partial charge in [0.25, 0.3) is 0 Å². The predicted octanol–water partition coefficient (Wildman–Crippen LogP) is 13.0. The van der Waals surface area contributed by atoms with E-state index in [0.29, 0.717) is 0 Å². The molecule has 0 aliphatic heterocycles. The van der Waals surface area contributed by atoms with Crippen molar-refractivity contribution in [3.8, 4) is 44.5 Å². The van der Waals surface area contributed by atoms with E-state index in [0.717, 1.165) is 0 Å². The highest BCUT2D eigenvalue weighted by atomic mass is 14.2. The summed E-state index contributed by atoms with van der Waals surface area (Å²) in [5.74, 6) is 0. The van der Waals surface area contributed by atoms with Crippen LogP contribution in [0.3, 0.4) is 0 Å². The van der Waals surface area contributed by atoms with Crippen LogP contribution in [0, 0.1) is 0 Å². The third-order valence-corrected chi connectivity index (χ3v) is 9.45. The Morgan fingerprint density at radius 2 is 0.717 bits per heavy atom. The second kappa shape index (κ2) is 10.9. The molecule has 0 saturated carbocycles. The van der Waals surface area contributed by atoms with Crippen LogP contribution in [0.4, 0.5) is 0 Å². The summed E-state index contributed by atoms with van der Waals surface area (Å²) in [6.45, 7) is 0. The van der Waals surface area contributed by atoms with Gasteiger partial charge in [-0.1, -0.05) is 170 Å². The Balaban J connectivity index is 1.32. The lowest BCUT2D eigenvalue weighted by Crippen LogP contribution is -1.93. The lowest BCUT2D eigenvalue weighted by Gasteiger charge is -2.20. The van der Waals surface area contributed by atoms with Crippen molar-refractivity contribution in [2.45, 2.75) is 0 Å². The number of fused-ring (bicyclic) bond motifs is 4. The molecule has 0 radical (unpaired) electrons. The van der Waals surface area contributed by atoms with Gasteiger partial charge in [-0.25, -0.2) is 0 Å². The fraction of sp³-hybridized carbons (Fsp3) is 0. The summed E-state index contributed by atoms with van der Waals surface area (Å²) in [5.41, 5.74) is 10.0. The lowest BCUT2D eigenvalue weighted by atomic mass is 9.83. The number of hydrogen-bond acceptors (Lipinski definition) is 0. The van der Waals surface area contributed by atoms with Gasteiger partial charge in [-0.15, -0.1) is 0 Å². The van der Waals surface area contributed by atoms with Crippen LogP contribution in [-0.2, 0) is 0 Å². The molecule has 0 amide bonds. The van der Waals surface area contributed by atoms with Crippen molar-refractivity contribution in [2.75, 3.05) is 0 Å². The Labute approximate surface area is 268 Å². The first kappa shape index (κ1) is 26.4. The molecule has 0 aliphatic rings. The van der Waals surface area contributed by atoms with Gasteiger partial charge in [-0.05, 0) is 99.7 Å². The van der Waals surface area contributed by atoms with Crippen LogP contribution in [0.5, 0.6) is 0 Å². The van der Waals surface area contributed by atoms with Crippen molar-refractivity contribution in [2.24, 2.45) is 0 Å². The maximum atomic E-state index is 2.33. The Morgan fingerprint density at radius 1 is 0.217 bits per heavy atom. The number of hydrogen-bond donors (Lipinski definition) is 0. The van der Waals surface area contributed by atoms with Crippen LogP contribution in [0.25, 0.3) is 87.6 Å². The van der Waals surface area contributed by atoms with E-state index >= 15 is 0 Å². The molecular formula is C46H30. The van der Waals surface area contributed by atoms with Gasteiger partial charge in [0, 0.05) is 0 Å². The summed E-state index contributed by atoms with van der Waals surface area (Å²) >= 11 is 0. The first-order chi connectivity index (χ1) is 22.8. The van der Waals surface area contributed by atoms with Gasteiger partial charge in [0.15, 0.2) is 0 Å². The zero-order chi connectivity index (χ0) is 30.5. The molecule has 0 saturated heterocycles. The molecule has 9 aromatic carbocycles. The lowest BCUT2D eigenvalue weighted by molar-refractivity contribution is 1.62. The van der Waals surface area contributed by atoms with Crippen molar-refractivity contribution >= 4 is 43.1 Å². The molecule has 0 atom stereocenters. The molecule has 0 N–H and O–H groups in total. The Kier molecular flexibility index (Phi) is 6.25. The number of rotatable bonds is 4. The van der Waals surface area contributed by atoms with Crippen molar-refractivity contribution in [3.05, 3.63) is 182 Å². The van der Waals surface area contributed by atoms with Crippen LogP contribution in [-0.4, -0.2) is 0 Å². The maximum absolute atomic E-state index is 2.33. The van der Waals surface area contributed by atoms with Gasteiger partial charge in [-0.3, -0.25) is 0 Å². The Bertz CT molecular complexity index is 2520. The minimum absolute atomic E-state index is 1.23. The standard InChI is InChI=1S/C46H30/c1-2-13-31(14-3-1)34-27-28-38-35(30-34)17-12-24-40(38)46-43-22-10-8-20-41(43)45(42-21-9-11-23-44(42)46)39-19-7-6-18-37(39)36-26-25-32-15-4-5-16-33(32)29-36/h1-30H. The monoisotopic (exact) mass is 582 g/mol. The SMILES string of the molecule is c1ccc(-c2ccc3c(-c4c5ccccc5c(-c5ccccc5-c5ccc6ccccc6c5)c5ccccc45)cccc3c2)cc1. The van der Waals surface area contributed by atoms with E-state index in [4.69, 9.17) is 0 Å². The Morgan fingerprint density at radius 3 is 1.43 bits per heavy atom. The fourth-order valence-electron chi connectivity index (χ4n) is 7.33. The average molecular weight is 583 g/mol. The molecular weight excluding hydrogens is 553 g/mol. The van der Waals surface area contributed by atoms with Crippen LogP contribution < -0.4 is 0 Å². The highest BCUT2D eigenvalue weighted by molar-refractivity contribution is 6.24. The second-order valence-corrected chi connectivity index (χ2v) is 12.1. The van der Waals surface area contributed by atoms with Gasteiger partial charge < -0.3 is 0 Å². The van der Waals surface area contributed by atoms with Gasteiger partial charge in [0.2, 0.25) is 0 Å². The molecule has 0 heterocycles. The highest BCUT2D eigenvalue weighted by Gasteiger charge is 2.20. The molecule has 214 valence electrons. The van der Waals surface area contributed by atoms with E-state index in [-0.39, 0.29) is 0 Å². The molecule has 0 heteroatoms. The first-order valence-electron chi connectivity index (χ1n) is 15.9. The van der Waals surface area contributed by atoms with Crippen molar-refractivity contribution < 1.29 is 0 Å². The first-order valence-corrected chi connectivity index (χ1v) is 15.9. The van der Waals surface area contributed by atoms with E-state index in [1.54, 1.807) is 0 Å². The summed E-state index contributed by atoms with van der Waals surface area (Å²) in [6.07, 6.45) is 0. The smallest absolute Gasteiger partial charge is 0.00201 e. The molecule has 9 rings (SSSR count). The zero-order valence-electron chi connectivity index (χ0n) is 25.3. The van der Waals surface area contributed by atoms with E-state index < -0.39 is 0 Å². The molecule has 0 fully saturated rings. The molecule has 0 aromatic heterocycles. The number of benzene rings is 9.